The second kappa shape index (κ2) is 8.19. The highest BCUT2D eigenvalue weighted by atomic mass is 16.3. The Morgan fingerprint density at radius 3 is 2.39 bits per heavy atom. The molecule has 1 aromatic heterocycles. The fraction of sp³-hybridized carbons (Fsp3) is 0.375. The lowest BCUT2D eigenvalue weighted by Crippen LogP contribution is -2.44. The highest BCUT2D eigenvalue weighted by Gasteiger charge is 2.23. The molecular formula is C24H28N2O2. The minimum absolute atomic E-state index is 0.636. The lowest BCUT2D eigenvalue weighted by atomic mass is 10.0. The molecule has 1 saturated heterocycles. The zero-order valence-corrected chi connectivity index (χ0v) is 16.7. The van der Waals surface area contributed by atoms with Crippen LogP contribution in [0.5, 0.6) is 0 Å². The number of rotatable bonds is 6. The highest BCUT2D eigenvalue weighted by molar-refractivity contribution is 5.88. The molecule has 2 heterocycles. The van der Waals surface area contributed by atoms with Crippen molar-refractivity contribution in [2.24, 2.45) is 0 Å². The van der Waals surface area contributed by atoms with Crippen LogP contribution >= 0.6 is 0 Å². The van der Waals surface area contributed by atoms with Crippen molar-refractivity contribution in [3.8, 4) is 11.3 Å². The summed E-state index contributed by atoms with van der Waals surface area (Å²) < 4.78 is 5.97. The molecule has 0 saturated carbocycles. The van der Waals surface area contributed by atoms with Crippen molar-refractivity contribution in [2.45, 2.75) is 32.7 Å². The van der Waals surface area contributed by atoms with Gasteiger partial charge < -0.3 is 14.2 Å². The van der Waals surface area contributed by atoms with E-state index >= 15 is 0 Å². The van der Waals surface area contributed by atoms with Gasteiger partial charge in [0.2, 0.25) is 0 Å². The average molecular weight is 377 g/mol. The van der Waals surface area contributed by atoms with Crippen LogP contribution in [0.2, 0.25) is 0 Å². The van der Waals surface area contributed by atoms with Gasteiger partial charge in [-0.1, -0.05) is 26.0 Å². The molecule has 3 aromatic rings. The Kier molecular flexibility index (Phi) is 5.49. The molecule has 2 aromatic carbocycles. The lowest BCUT2D eigenvalue weighted by molar-refractivity contribution is 0.112. The third kappa shape index (κ3) is 3.69. The molecule has 0 unspecified atom stereocenters. The lowest BCUT2D eigenvalue weighted by Gasteiger charge is -2.38. The van der Waals surface area contributed by atoms with Crippen molar-refractivity contribution in [2.75, 3.05) is 31.1 Å². The van der Waals surface area contributed by atoms with Gasteiger partial charge in [0.05, 0.1) is 0 Å². The van der Waals surface area contributed by atoms with Crippen LogP contribution in [0.1, 0.15) is 37.0 Å². The molecular weight excluding hydrogens is 348 g/mol. The first-order valence-corrected chi connectivity index (χ1v) is 10.3. The van der Waals surface area contributed by atoms with E-state index in [1.165, 1.54) is 18.5 Å². The van der Waals surface area contributed by atoms with E-state index < -0.39 is 0 Å². The van der Waals surface area contributed by atoms with Gasteiger partial charge in [-0.15, -0.1) is 0 Å². The Hall–Kier alpha value is -2.59. The fourth-order valence-corrected chi connectivity index (χ4v) is 4.33. The normalized spacial score (nSPS) is 15.5. The summed E-state index contributed by atoms with van der Waals surface area (Å²) in [4.78, 5) is 16.0. The first kappa shape index (κ1) is 18.8. The quantitative estimate of drug-likeness (QED) is 0.553. The van der Waals surface area contributed by atoms with Crippen molar-refractivity contribution in [3.05, 3.63) is 54.1 Å². The van der Waals surface area contributed by atoms with E-state index in [-0.39, 0.29) is 0 Å². The summed E-state index contributed by atoms with van der Waals surface area (Å²) in [5.41, 5.74) is 3.73. The number of furan rings is 1. The molecule has 0 spiro atoms. The van der Waals surface area contributed by atoms with E-state index in [1.54, 1.807) is 6.07 Å². The van der Waals surface area contributed by atoms with Crippen LogP contribution in [0.3, 0.4) is 0 Å². The number of piperidine rings is 1. The number of carbonyl (C=O) groups is 1. The van der Waals surface area contributed by atoms with Gasteiger partial charge in [-0.3, -0.25) is 4.79 Å². The molecule has 0 radical (unpaired) electrons. The van der Waals surface area contributed by atoms with Gasteiger partial charge in [0.25, 0.3) is 0 Å². The summed E-state index contributed by atoms with van der Waals surface area (Å²) in [6.45, 7) is 9.02. The second-order valence-electron chi connectivity index (χ2n) is 7.51. The number of benzene rings is 2. The SMILES string of the molecule is CCN(CC)C1CCN(c2ccc(-c3cc4ccc(C=O)cc4o3)cc2)CC1. The van der Waals surface area contributed by atoms with E-state index in [2.05, 4.69) is 47.9 Å². The number of aldehydes is 1. The minimum atomic E-state index is 0.636. The van der Waals surface area contributed by atoms with Crippen molar-refractivity contribution in [1.29, 1.82) is 0 Å². The maximum atomic E-state index is 11.0. The van der Waals surface area contributed by atoms with Crippen LogP contribution in [0, 0.1) is 0 Å². The number of anilines is 1. The molecule has 1 fully saturated rings. The van der Waals surface area contributed by atoms with E-state index in [9.17, 15) is 4.79 Å². The molecule has 28 heavy (non-hydrogen) atoms. The van der Waals surface area contributed by atoms with E-state index in [0.717, 1.165) is 60.8 Å². The summed E-state index contributed by atoms with van der Waals surface area (Å²) in [6, 6.07) is 16.9. The Balaban J connectivity index is 1.46. The Bertz CT molecular complexity index is 933. The second-order valence-corrected chi connectivity index (χ2v) is 7.51. The maximum absolute atomic E-state index is 11.0. The molecule has 4 nitrogen and oxygen atoms in total. The first-order valence-electron chi connectivity index (χ1n) is 10.3. The van der Waals surface area contributed by atoms with E-state index in [4.69, 9.17) is 4.42 Å². The number of hydrogen-bond donors (Lipinski definition) is 0. The van der Waals surface area contributed by atoms with Crippen LogP contribution in [0.15, 0.2) is 52.9 Å². The summed E-state index contributed by atoms with van der Waals surface area (Å²) in [7, 11) is 0. The summed E-state index contributed by atoms with van der Waals surface area (Å²) in [6.07, 6.45) is 3.30. The van der Waals surface area contributed by atoms with E-state index in [0.29, 0.717) is 5.56 Å². The Morgan fingerprint density at radius 2 is 1.75 bits per heavy atom. The molecule has 0 amide bonds. The van der Waals surface area contributed by atoms with Crippen molar-refractivity contribution in [3.63, 3.8) is 0 Å². The average Bonchev–Trinajstić information content (AvgIpc) is 3.18. The number of hydrogen-bond acceptors (Lipinski definition) is 4. The van der Waals surface area contributed by atoms with Gasteiger partial charge in [0.1, 0.15) is 17.6 Å². The molecule has 0 N–H and O–H groups in total. The predicted octanol–water partition coefficient (Wildman–Crippen LogP) is 5.22. The first-order chi connectivity index (χ1) is 13.7. The number of nitrogens with zero attached hydrogens (tertiary/aromatic N) is 2. The van der Waals surface area contributed by atoms with Crippen molar-refractivity contribution in [1.82, 2.24) is 4.90 Å². The van der Waals surface area contributed by atoms with Gasteiger partial charge in [0.15, 0.2) is 0 Å². The van der Waals surface area contributed by atoms with Gasteiger partial charge in [0, 0.05) is 41.3 Å². The van der Waals surface area contributed by atoms with Gasteiger partial charge in [-0.2, -0.15) is 0 Å². The van der Waals surface area contributed by atoms with Crippen LogP contribution in [0.25, 0.3) is 22.3 Å². The molecule has 4 heteroatoms. The number of carbonyl (C=O) groups excluding carboxylic acids is 1. The largest absolute Gasteiger partial charge is 0.456 e. The van der Waals surface area contributed by atoms with Crippen LogP contribution in [-0.2, 0) is 0 Å². The topological polar surface area (TPSA) is 36.7 Å². The van der Waals surface area contributed by atoms with Crippen LogP contribution in [0.4, 0.5) is 5.69 Å². The summed E-state index contributed by atoms with van der Waals surface area (Å²) >= 11 is 0. The van der Waals surface area contributed by atoms with Crippen LogP contribution < -0.4 is 4.90 Å². The molecule has 0 bridgehead atoms. The predicted molar refractivity (Wildman–Crippen MR) is 115 cm³/mol. The van der Waals surface area contributed by atoms with E-state index in [1.807, 2.05) is 18.2 Å². The third-order valence-electron chi connectivity index (χ3n) is 5.99. The highest BCUT2D eigenvalue weighted by Crippen LogP contribution is 2.30. The molecule has 1 aliphatic heterocycles. The smallest absolute Gasteiger partial charge is 0.150 e. The maximum Gasteiger partial charge on any atom is 0.150 e. The Labute approximate surface area is 166 Å². The molecule has 1 aliphatic rings. The fourth-order valence-electron chi connectivity index (χ4n) is 4.33. The van der Waals surface area contributed by atoms with Crippen molar-refractivity contribution >= 4 is 22.9 Å². The van der Waals surface area contributed by atoms with Crippen LogP contribution in [-0.4, -0.2) is 43.4 Å². The Morgan fingerprint density at radius 1 is 1.04 bits per heavy atom. The monoisotopic (exact) mass is 376 g/mol. The molecule has 0 aliphatic carbocycles. The minimum Gasteiger partial charge on any atom is -0.456 e. The standard InChI is InChI=1S/C24H28N2O2/c1-3-25(4-2)22-11-13-26(14-12-22)21-9-7-19(8-10-21)24-16-20-6-5-18(17-27)15-23(20)28-24/h5-10,15-17,22H,3-4,11-14H2,1-2H3. The molecule has 0 atom stereocenters. The van der Waals surface area contributed by atoms with Gasteiger partial charge in [-0.05, 0) is 62.3 Å². The zero-order valence-electron chi connectivity index (χ0n) is 16.7. The number of fused-ring (bicyclic) bond motifs is 1. The zero-order chi connectivity index (χ0) is 19.5. The van der Waals surface area contributed by atoms with Crippen molar-refractivity contribution < 1.29 is 9.21 Å². The summed E-state index contributed by atoms with van der Waals surface area (Å²) in [5, 5.41) is 1.02. The summed E-state index contributed by atoms with van der Waals surface area (Å²) in [5.74, 6) is 0.838. The molecule has 146 valence electrons. The van der Waals surface area contributed by atoms with Gasteiger partial charge >= 0.3 is 0 Å². The van der Waals surface area contributed by atoms with Gasteiger partial charge in [-0.25, -0.2) is 0 Å². The molecule has 4 rings (SSSR count). The third-order valence-corrected chi connectivity index (χ3v) is 5.99.